The van der Waals surface area contributed by atoms with Crippen LogP contribution in [0.1, 0.15) is 29.7 Å². The molecule has 0 aliphatic carbocycles. The summed E-state index contributed by atoms with van der Waals surface area (Å²) < 4.78 is 41.8. The first-order valence-electron chi connectivity index (χ1n) is 11.3. The molecule has 5 nitrogen and oxygen atoms in total. The molecule has 0 aliphatic rings. The lowest BCUT2D eigenvalue weighted by molar-refractivity contribution is -0.274. The average molecular weight is 482 g/mol. The van der Waals surface area contributed by atoms with Crippen molar-refractivity contribution in [1.82, 2.24) is 15.6 Å². The number of aromatic amines is 1. The summed E-state index contributed by atoms with van der Waals surface area (Å²) in [5.41, 5.74) is 3.48. The van der Waals surface area contributed by atoms with Crippen molar-refractivity contribution in [2.75, 3.05) is 0 Å². The number of para-hydroxylation sites is 1. The molecule has 1 aromatic heterocycles. The van der Waals surface area contributed by atoms with E-state index in [1.165, 1.54) is 18.2 Å². The number of ether oxygens (including phenoxy) is 1. The van der Waals surface area contributed by atoms with E-state index in [4.69, 9.17) is 0 Å². The maximum Gasteiger partial charge on any atom is 0.573 e. The molecule has 4 rings (SSSR count). The zero-order chi connectivity index (χ0) is 24.8. The Morgan fingerprint density at radius 3 is 2.51 bits per heavy atom. The average Bonchev–Trinajstić information content (AvgIpc) is 3.24. The predicted molar refractivity (Wildman–Crippen MR) is 129 cm³/mol. The van der Waals surface area contributed by atoms with Gasteiger partial charge in [-0.25, -0.2) is 0 Å². The van der Waals surface area contributed by atoms with Crippen molar-refractivity contribution < 1.29 is 22.7 Å². The molecule has 3 N–H and O–H groups in total. The van der Waals surface area contributed by atoms with Gasteiger partial charge in [-0.2, -0.15) is 0 Å². The van der Waals surface area contributed by atoms with E-state index in [1.807, 2.05) is 67.7 Å². The molecular weight excluding hydrogens is 455 g/mol. The molecule has 1 amide bonds. The van der Waals surface area contributed by atoms with E-state index in [9.17, 15) is 18.0 Å². The van der Waals surface area contributed by atoms with Gasteiger partial charge in [0, 0.05) is 23.6 Å². The van der Waals surface area contributed by atoms with Crippen molar-refractivity contribution in [3.63, 3.8) is 0 Å². The van der Waals surface area contributed by atoms with E-state index in [-0.39, 0.29) is 24.2 Å². The van der Waals surface area contributed by atoms with E-state index in [0.717, 1.165) is 22.0 Å². The maximum absolute atomic E-state index is 13.3. The van der Waals surface area contributed by atoms with Crippen molar-refractivity contribution in [3.8, 4) is 5.75 Å². The summed E-state index contributed by atoms with van der Waals surface area (Å²) >= 11 is 0. The number of carbonyl (C=O) groups is 1. The number of hydrogen-bond donors (Lipinski definition) is 3. The number of rotatable bonds is 9. The van der Waals surface area contributed by atoms with Crippen LogP contribution in [0.3, 0.4) is 0 Å². The summed E-state index contributed by atoms with van der Waals surface area (Å²) in [7, 11) is 0. The molecule has 0 saturated carbocycles. The van der Waals surface area contributed by atoms with Crippen molar-refractivity contribution in [1.29, 1.82) is 0 Å². The fourth-order valence-electron chi connectivity index (χ4n) is 4.01. The van der Waals surface area contributed by atoms with Gasteiger partial charge in [0.25, 0.3) is 0 Å². The van der Waals surface area contributed by atoms with Gasteiger partial charge in [0.15, 0.2) is 0 Å². The van der Waals surface area contributed by atoms with Crippen molar-refractivity contribution in [3.05, 3.63) is 102 Å². The summed E-state index contributed by atoms with van der Waals surface area (Å²) in [4.78, 5) is 16.5. The van der Waals surface area contributed by atoms with E-state index in [1.54, 1.807) is 6.07 Å². The molecular formula is C27H26F3N3O2. The van der Waals surface area contributed by atoms with Crippen molar-refractivity contribution in [2.24, 2.45) is 0 Å². The van der Waals surface area contributed by atoms with Gasteiger partial charge >= 0.3 is 6.36 Å². The second kappa shape index (κ2) is 10.7. The lowest BCUT2D eigenvalue weighted by Crippen LogP contribution is -2.46. The fraction of sp³-hybridized carbons (Fsp3) is 0.222. The Morgan fingerprint density at radius 2 is 1.74 bits per heavy atom. The van der Waals surface area contributed by atoms with Crippen molar-refractivity contribution in [2.45, 2.75) is 38.3 Å². The third kappa shape index (κ3) is 6.64. The summed E-state index contributed by atoms with van der Waals surface area (Å²) in [6.45, 7) is 2.10. The van der Waals surface area contributed by atoms with Gasteiger partial charge in [-0.3, -0.25) is 4.79 Å². The number of nitrogens with one attached hydrogen (secondary N) is 3. The van der Waals surface area contributed by atoms with Crippen LogP contribution in [-0.2, 0) is 17.8 Å². The van der Waals surface area contributed by atoms with Gasteiger partial charge in [0.1, 0.15) is 5.75 Å². The molecule has 4 aromatic rings. The zero-order valence-corrected chi connectivity index (χ0v) is 19.1. The number of halogens is 3. The molecule has 2 atom stereocenters. The van der Waals surface area contributed by atoms with Crippen LogP contribution in [-0.4, -0.2) is 23.3 Å². The Balaban J connectivity index is 1.52. The van der Waals surface area contributed by atoms with Gasteiger partial charge in [0.2, 0.25) is 5.91 Å². The maximum atomic E-state index is 13.3. The molecule has 0 aliphatic heterocycles. The molecule has 0 bridgehead atoms. The smallest absolute Gasteiger partial charge is 0.406 e. The number of amides is 1. The van der Waals surface area contributed by atoms with Gasteiger partial charge in [-0.1, -0.05) is 60.7 Å². The highest BCUT2D eigenvalue weighted by Crippen LogP contribution is 2.24. The molecule has 1 unspecified atom stereocenters. The minimum atomic E-state index is -4.77. The second-order valence-electron chi connectivity index (χ2n) is 8.33. The number of H-pyrrole nitrogens is 1. The standard InChI is InChI=1S/C27H26F3N3O2/c1-18(20-9-3-2-4-10-20)33-26(34)25(15-21-17-32-24-13-6-5-12-23(21)24)31-16-19-8-7-11-22(14-19)35-27(28,29)30/h2-14,17-18,25,31-32H,15-16H2,1H3,(H,33,34)/t18-,25?/m0/s1. The minimum absolute atomic E-state index is 0.190. The Hall–Kier alpha value is -3.78. The molecule has 0 radical (unpaired) electrons. The zero-order valence-electron chi connectivity index (χ0n) is 19.1. The Morgan fingerprint density at radius 1 is 1.00 bits per heavy atom. The molecule has 182 valence electrons. The van der Waals surface area contributed by atoms with Crippen LogP contribution < -0.4 is 15.4 Å². The Bertz CT molecular complexity index is 1270. The van der Waals surface area contributed by atoms with Crippen LogP contribution in [0.2, 0.25) is 0 Å². The molecule has 3 aromatic carbocycles. The first-order chi connectivity index (χ1) is 16.8. The molecule has 8 heteroatoms. The van der Waals surface area contributed by atoms with E-state index >= 15 is 0 Å². The number of carbonyl (C=O) groups excluding carboxylic acids is 1. The summed E-state index contributed by atoms with van der Waals surface area (Å²) in [6.07, 6.45) is -2.49. The molecule has 1 heterocycles. The Kier molecular flexibility index (Phi) is 7.41. The van der Waals surface area contributed by atoms with Gasteiger partial charge in [-0.15, -0.1) is 13.2 Å². The van der Waals surface area contributed by atoms with Gasteiger partial charge in [0.05, 0.1) is 12.1 Å². The van der Waals surface area contributed by atoms with E-state index in [2.05, 4.69) is 20.4 Å². The third-order valence-electron chi connectivity index (χ3n) is 5.76. The highest BCUT2D eigenvalue weighted by atomic mass is 19.4. The van der Waals surface area contributed by atoms with Crippen LogP contribution >= 0.6 is 0 Å². The molecule has 0 fully saturated rings. The number of alkyl halides is 3. The van der Waals surface area contributed by atoms with Crippen molar-refractivity contribution >= 4 is 16.8 Å². The monoisotopic (exact) mass is 481 g/mol. The van der Waals surface area contributed by atoms with E-state index < -0.39 is 12.4 Å². The summed E-state index contributed by atoms with van der Waals surface area (Å²) in [6, 6.07) is 22.3. The lowest BCUT2D eigenvalue weighted by Gasteiger charge is -2.22. The first kappa shape index (κ1) is 24.3. The van der Waals surface area contributed by atoms with Crippen LogP contribution in [0, 0.1) is 0 Å². The second-order valence-corrected chi connectivity index (χ2v) is 8.33. The number of aromatic nitrogens is 1. The molecule has 0 saturated heterocycles. The molecule has 0 spiro atoms. The highest BCUT2D eigenvalue weighted by Gasteiger charge is 2.31. The van der Waals surface area contributed by atoms with Crippen LogP contribution in [0.5, 0.6) is 5.75 Å². The van der Waals surface area contributed by atoms with Crippen LogP contribution in [0.4, 0.5) is 13.2 Å². The lowest BCUT2D eigenvalue weighted by atomic mass is 10.0. The number of hydrogen-bond acceptors (Lipinski definition) is 3. The quantitative estimate of drug-likeness (QED) is 0.290. The summed E-state index contributed by atoms with van der Waals surface area (Å²) in [5.74, 6) is -0.499. The van der Waals surface area contributed by atoms with Gasteiger partial charge in [-0.05, 0) is 48.2 Å². The highest BCUT2D eigenvalue weighted by molar-refractivity contribution is 5.86. The number of benzene rings is 3. The van der Waals surface area contributed by atoms with Crippen LogP contribution in [0.15, 0.2) is 85.1 Å². The largest absolute Gasteiger partial charge is 0.573 e. The minimum Gasteiger partial charge on any atom is -0.406 e. The topological polar surface area (TPSA) is 66.2 Å². The SMILES string of the molecule is C[C@H](NC(=O)C(Cc1c[nH]c2ccccc12)NCc1cccc(OC(F)(F)F)c1)c1ccccc1. The van der Waals surface area contributed by atoms with Gasteiger partial charge < -0.3 is 20.4 Å². The predicted octanol–water partition coefficient (Wildman–Crippen LogP) is 5.64. The van der Waals surface area contributed by atoms with E-state index in [0.29, 0.717) is 12.0 Å². The van der Waals surface area contributed by atoms with Crippen LogP contribution in [0.25, 0.3) is 10.9 Å². The fourth-order valence-corrected chi connectivity index (χ4v) is 4.01. The normalized spacial score (nSPS) is 13.4. The number of fused-ring (bicyclic) bond motifs is 1. The first-order valence-corrected chi connectivity index (χ1v) is 11.3. The third-order valence-corrected chi connectivity index (χ3v) is 5.76. The molecule has 35 heavy (non-hydrogen) atoms. The Labute approximate surface area is 201 Å². The summed E-state index contributed by atoms with van der Waals surface area (Å²) in [5, 5.41) is 7.29.